The van der Waals surface area contributed by atoms with Crippen molar-refractivity contribution in [1.29, 1.82) is 0 Å². The van der Waals surface area contributed by atoms with Crippen LogP contribution in [0, 0.1) is 11.8 Å². The molecule has 6 atom stereocenters. The van der Waals surface area contributed by atoms with E-state index >= 15 is 0 Å². The lowest BCUT2D eigenvalue weighted by Gasteiger charge is -2.26. The topological polar surface area (TPSA) is 9.23 Å². The summed E-state index contributed by atoms with van der Waals surface area (Å²) in [5.41, 5.74) is 7.11. The molecule has 88 valence electrons. The van der Waals surface area contributed by atoms with Crippen molar-refractivity contribution < 1.29 is 4.74 Å². The fraction of sp³-hybridized carbons (Fsp3) is 0.733. The Labute approximate surface area is 106 Å². The molecule has 6 bridgehead atoms. The summed E-state index contributed by atoms with van der Waals surface area (Å²) in [6.07, 6.45) is 8.20. The van der Waals surface area contributed by atoms with Gasteiger partial charge in [-0.3, -0.25) is 0 Å². The maximum atomic E-state index is 6.41. The van der Waals surface area contributed by atoms with E-state index in [2.05, 4.69) is 11.8 Å². The van der Waals surface area contributed by atoms with Crippen LogP contribution in [-0.2, 0) is 4.74 Å². The summed E-state index contributed by atoms with van der Waals surface area (Å²) in [5.74, 6) is 1.84. The largest absolute Gasteiger partial charge is 0.357 e. The molecule has 1 nitrogen and oxygen atoms in total. The Morgan fingerprint density at radius 1 is 0.765 bits per heavy atom. The molecule has 0 radical (unpaired) electrons. The Kier molecular flexibility index (Phi) is 1.32. The van der Waals surface area contributed by atoms with Gasteiger partial charge in [-0.1, -0.05) is 0 Å². The van der Waals surface area contributed by atoms with Crippen molar-refractivity contribution in [3.8, 4) is 0 Å². The zero-order chi connectivity index (χ0) is 10.7. The van der Waals surface area contributed by atoms with E-state index in [1.807, 2.05) is 0 Å². The molecule has 1 saturated carbocycles. The highest BCUT2D eigenvalue weighted by Gasteiger charge is 2.61. The highest BCUT2D eigenvalue weighted by molar-refractivity contribution is 8.01. The molecule has 17 heavy (non-hydrogen) atoms. The first-order valence-electron chi connectivity index (χ1n) is 7.20. The fourth-order valence-corrected chi connectivity index (χ4v) is 7.37. The van der Waals surface area contributed by atoms with E-state index in [4.69, 9.17) is 4.74 Å². The van der Waals surface area contributed by atoms with E-state index in [0.29, 0.717) is 12.2 Å². The van der Waals surface area contributed by atoms with E-state index in [-0.39, 0.29) is 0 Å². The van der Waals surface area contributed by atoms with Crippen LogP contribution in [0.15, 0.2) is 22.3 Å². The van der Waals surface area contributed by atoms with Crippen molar-refractivity contribution in [2.45, 2.75) is 54.8 Å². The number of ether oxygens (including phenoxy) is 1. The molecule has 2 heteroatoms. The van der Waals surface area contributed by atoms with Gasteiger partial charge in [-0.05, 0) is 66.2 Å². The molecule has 4 aliphatic heterocycles. The van der Waals surface area contributed by atoms with Crippen LogP contribution in [0.25, 0.3) is 0 Å². The molecule has 2 aliphatic carbocycles. The smallest absolute Gasteiger partial charge is 0.103 e. The molecule has 4 heterocycles. The Hall–Kier alpha value is -0.210. The molecular formula is C15H16OS. The zero-order valence-electron chi connectivity index (χ0n) is 9.82. The minimum atomic E-state index is 0.475. The molecule has 0 amide bonds. The monoisotopic (exact) mass is 244 g/mol. The molecule has 6 unspecified atom stereocenters. The van der Waals surface area contributed by atoms with Gasteiger partial charge in [0.25, 0.3) is 0 Å². The lowest BCUT2D eigenvalue weighted by Crippen LogP contribution is -2.24. The van der Waals surface area contributed by atoms with Crippen LogP contribution in [0.3, 0.4) is 0 Å². The highest BCUT2D eigenvalue weighted by Crippen LogP contribution is 2.66. The summed E-state index contributed by atoms with van der Waals surface area (Å²) < 4.78 is 6.41. The van der Waals surface area contributed by atoms with E-state index in [0.717, 1.165) is 22.3 Å². The minimum Gasteiger partial charge on any atom is -0.357 e. The maximum Gasteiger partial charge on any atom is 0.103 e. The molecule has 6 rings (SSSR count). The van der Waals surface area contributed by atoms with Gasteiger partial charge in [0.05, 0.1) is 0 Å². The van der Waals surface area contributed by atoms with Crippen LogP contribution in [0.5, 0.6) is 0 Å². The van der Waals surface area contributed by atoms with Gasteiger partial charge in [-0.2, -0.15) is 0 Å². The number of hydrogen-bond donors (Lipinski definition) is 0. The summed E-state index contributed by atoms with van der Waals surface area (Å²) in [4.78, 5) is 0. The maximum absolute atomic E-state index is 6.41. The second-order valence-electron chi connectivity index (χ2n) is 6.62. The van der Waals surface area contributed by atoms with Crippen molar-refractivity contribution >= 4 is 11.8 Å². The van der Waals surface area contributed by atoms with Crippen LogP contribution in [0.4, 0.5) is 0 Å². The molecule has 0 spiro atoms. The summed E-state index contributed by atoms with van der Waals surface area (Å²) in [5, 5.41) is 1.69. The van der Waals surface area contributed by atoms with Crippen LogP contribution in [-0.4, -0.2) is 22.7 Å². The average Bonchev–Trinajstić information content (AvgIpc) is 3.14. The summed E-state index contributed by atoms with van der Waals surface area (Å²) >= 11 is 2.25. The van der Waals surface area contributed by atoms with Gasteiger partial charge in [-0.15, -0.1) is 11.8 Å². The second-order valence-corrected chi connectivity index (χ2v) is 8.03. The van der Waals surface area contributed by atoms with E-state index in [9.17, 15) is 0 Å². The molecular weight excluding hydrogens is 228 g/mol. The first kappa shape index (κ1) is 8.82. The van der Waals surface area contributed by atoms with Crippen molar-refractivity contribution in [1.82, 2.24) is 0 Å². The highest BCUT2D eigenvalue weighted by atomic mass is 32.2. The van der Waals surface area contributed by atoms with Crippen LogP contribution < -0.4 is 0 Å². The third kappa shape index (κ3) is 0.786. The fourth-order valence-electron chi connectivity index (χ4n) is 5.62. The van der Waals surface area contributed by atoms with Gasteiger partial charge in [0, 0.05) is 10.5 Å². The number of rotatable bonds is 0. The predicted octanol–water partition coefficient (Wildman–Crippen LogP) is 3.07. The molecule has 0 aromatic carbocycles. The summed E-state index contributed by atoms with van der Waals surface area (Å²) in [6.45, 7) is 0. The Morgan fingerprint density at radius 2 is 1.35 bits per heavy atom. The summed E-state index contributed by atoms with van der Waals surface area (Å²) in [7, 11) is 0. The summed E-state index contributed by atoms with van der Waals surface area (Å²) in [6, 6.07) is 0. The van der Waals surface area contributed by atoms with Crippen LogP contribution >= 0.6 is 11.8 Å². The van der Waals surface area contributed by atoms with Crippen molar-refractivity contribution in [3.63, 3.8) is 0 Å². The zero-order valence-corrected chi connectivity index (χ0v) is 10.6. The van der Waals surface area contributed by atoms with E-state index in [1.54, 1.807) is 22.3 Å². The number of hydrogen-bond acceptors (Lipinski definition) is 2. The van der Waals surface area contributed by atoms with Gasteiger partial charge in [0.15, 0.2) is 0 Å². The second kappa shape index (κ2) is 2.55. The van der Waals surface area contributed by atoms with Crippen LogP contribution in [0.2, 0.25) is 0 Å². The van der Waals surface area contributed by atoms with Gasteiger partial charge < -0.3 is 4.74 Å². The third-order valence-electron chi connectivity index (χ3n) is 6.09. The Balaban J connectivity index is 1.56. The lowest BCUT2D eigenvalue weighted by molar-refractivity contribution is 0.107. The van der Waals surface area contributed by atoms with E-state index < -0.39 is 0 Å². The average molecular weight is 244 g/mol. The molecule has 6 aliphatic rings. The first-order valence-corrected chi connectivity index (χ1v) is 8.14. The van der Waals surface area contributed by atoms with Crippen molar-refractivity contribution in [3.05, 3.63) is 22.3 Å². The third-order valence-corrected chi connectivity index (χ3v) is 7.73. The SMILES string of the molecule is C1CC2CC1C1=C2C2OC1C1=C2C2CCC1S2. The van der Waals surface area contributed by atoms with Gasteiger partial charge in [0.2, 0.25) is 0 Å². The number of thioether (sulfide) groups is 1. The predicted molar refractivity (Wildman–Crippen MR) is 67.9 cm³/mol. The Bertz CT molecular complexity index is 431. The van der Waals surface area contributed by atoms with Crippen LogP contribution in [0.1, 0.15) is 32.1 Å². The van der Waals surface area contributed by atoms with Gasteiger partial charge in [0.1, 0.15) is 12.2 Å². The quantitative estimate of drug-likeness (QED) is 0.606. The number of fused-ring (bicyclic) bond motifs is 14. The first-order chi connectivity index (χ1) is 8.42. The van der Waals surface area contributed by atoms with Gasteiger partial charge in [-0.25, -0.2) is 0 Å². The molecule has 0 aromatic heterocycles. The molecule has 0 aromatic rings. The molecule has 0 N–H and O–H groups in total. The standard InChI is InChI=1S/C15H16OS/c1-2-7-5-6(1)10-11(7)15-13-9-4-3-8(17-9)12(13)14(10)16-15/h6-9,14-15H,1-5H2. The lowest BCUT2D eigenvalue weighted by atomic mass is 9.75. The molecule has 2 fully saturated rings. The van der Waals surface area contributed by atoms with Gasteiger partial charge >= 0.3 is 0 Å². The normalized spacial score (nSPS) is 56.5. The molecule has 1 saturated heterocycles. The van der Waals surface area contributed by atoms with E-state index in [1.165, 1.54) is 32.1 Å². The Morgan fingerprint density at radius 3 is 1.94 bits per heavy atom. The van der Waals surface area contributed by atoms with Crippen molar-refractivity contribution in [2.24, 2.45) is 11.8 Å². The van der Waals surface area contributed by atoms with Crippen molar-refractivity contribution in [2.75, 3.05) is 0 Å². The minimum absolute atomic E-state index is 0.475.